The van der Waals surface area contributed by atoms with E-state index in [9.17, 15) is 22.0 Å². The highest BCUT2D eigenvalue weighted by atomic mass is 19.4. The van der Waals surface area contributed by atoms with Crippen LogP contribution in [0, 0.1) is 0 Å². The highest BCUT2D eigenvalue weighted by molar-refractivity contribution is 5.34. The number of nitrogens with two attached hydrogens (primary N) is 1. The van der Waals surface area contributed by atoms with Crippen LogP contribution in [0.25, 0.3) is 0 Å². The summed E-state index contributed by atoms with van der Waals surface area (Å²) in [7, 11) is 0. The summed E-state index contributed by atoms with van der Waals surface area (Å²) < 4.78 is 62.9. The number of anilines is 1. The van der Waals surface area contributed by atoms with E-state index >= 15 is 0 Å². The molecule has 2 rings (SSSR count). The molecule has 0 spiro atoms. The molecule has 1 saturated carbocycles. The van der Waals surface area contributed by atoms with Crippen LogP contribution in [-0.4, -0.2) is 28.0 Å². The van der Waals surface area contributed by atoms with Crippen LogP contribution >= 0.6 is 0 Å². The van der Waals surface area contributed by atoms with Gasteiger partial charge in [0.15, 0.2) is 5.69 Å². The van der Waals surface area contributed by atoms with Gasteiger partial charge in [-0.1, -0.05) is 0 Å². The third-order valence-corrected chi connectivity index (χ3v) is 2.85. The maximum atomic E-state index is 13.1. The zero-order valence-corrected chi connectivity index (χ0v) is 9.59. The van der Waals surface area contributed by atoms with Crippen molar-refractivity contribution in [1.82, 2.24) is 9.97 Å². The van der Waals surface area contributed by atoms with Gasteiger partial charge in [-0.3, -0.25) is 0 Å². The fourth-order valence-electron chi connectivity index (χ4n) is 1.94. The molecule has 1 aliphatic carbocycles. The molecule has 19 heavy (non-hydrogen) atoms. The number of nitrogens with zero attached hydrogens (tertiary/aromatic N) is 2. The Bertz CT molecular complexity index is 444. The van der Waals surface area contributed by atoms with Crippen molar-refractivity contribution in [2.24, 2.45) is 5.73 Å². The standard InChI is InChI=1S/C10H11F5N4/c11-9(12)1-5(16)6(2-9)19-8-4-17-7(3-18-8)10(13,14)15/h3-6H,1-2,16H2,(H,18,19)/t5-,6-/m1/s1. The zero-order valence-electron chi connectivity index (χ0n) is 9.59. The van der Waals surface area contributed by atoms with E-state index in [0.29, 0.717) is 6.20 Å². The Morgan fingerprint density at radius 2 is 1.89 bits per heavy atom. The Morgan fingerprint density at radius 3 is 2.32 bits per heavy atom. The largest absolute Gasteiger partial charge is 0.434 e. The fourth-order valence-corrected chi connectivity index (χ4v) is 1.94. The molecule has 0 unspecified atom stereocenters. The summed E-state index contributed by atoms with van der Waals surface area (Å²) in [6, 6.07) is -1.51. The predicted molar refractivity (Wildman–Crippen MR) is 56.6 cm³/mol. The van der Waals surface area contributed by atoms with Crippen molar-refractivity contribution < 1.29 is 22.0 Å². The molecule has 0 radical (unpaired) electrons. The zero-order chi connectivity index (χ0) is 14.3. The minimum absolute atomic E-state index is 0.00819. The Balaban J connectivity index is 2.05. The van der Waals surface area contributed by atoms with Crippen molar-refractivity contribution in [1.29, 1.82) is 0 Å². The van der Waals surface area contributed by atoms with Gasteiger partial charge in [0.1, 0.15) is 5.82 Å². The minimum atomic E-state index is -4.58. The van der Waals surface area contributed by atoms with Gasteiger partial charge in [-0.25, -0.2) is 18.7 Å². The minimum Gasteiger partial charge on any atom is -0.364 e. The number of alkyl halides is 5. The van der Waals surface area contributed by atoms with Crippen LogP contribution in [0.2, 0.25) is 0 Å². The summed E-state index contributed by atoms with van der Waals surface area (Å²) in [5, 5.41) is 2.58. The van der Waals surface area contributed by atoms with E-state index in [2.05, 4.69) is 15.3 Å². The van der Waals surface area contributed by atoms with Gasteiger partial charge in [0.25, 0.3) is 5.92 Å². The van der Waals surface area contributed by atoms with Crippen LogP contribution in [0.1, 0.15) is 18.5 Å². The van der Waals surface area contributed by atoms with Gasteiger partial charge >= 0.3 is 6.18 Å². The maximum absolute atomic E-state index is 13.1. The molecule has 0 bridgehead atoms. The van der Waals surface area contributed by atoms with Crippen molar-refractivity contribution in [3.8, 4) is 0 Å². The van der Waals surface area contributed by atoms with E-state index in [1.54, 1.807) is 0 Å². The molecule has 9 heteroatoms. The molecule has 0 aliphatic heterocycles. The third kappa shape index (κ3) is 3.28. The number of aromatic nitrogens is 2. The number of hydrogen-bond acceptors (Lipinski definition) is 4. The number of nitrogens with one attached hydrogen (secondary N) is 1. The molecule has 1 aliphatic rings. The average Bonchev–Trinajstić information content (AvgIpc) is 2.51. The van der Waals surface area contributed by atoms with E-state index in [4.69, 9.17) is 5.73 Å². The summed E-state index contributed by atoms with van der Waals surface area (Å²) >= 11 is 0. The topological polar surface area (TPSA) is 63.8 Å². The Kier molecular flexibility index (Phi) is 3.33. The van der Waals surface area contributed by atoms with Gasteiger partial charge < -0.3 is 11.1 Å². The normalized spacial score (nSPS) is 26.4. The van der Waals surface area contributed by atoms with Gasteiger partial charge in [-0.15, -0.1) is 0 Å². The van der Waals surface area contributed by atoms with E-state index in [1.807, 2.05) is 0 Å². The summed E-state index contributed by atoms with van der Waals surface area (Å²) in [5.74, 6) is -2.87. The lowest BCUT2D eigenvalue weighted by Gasteiger charge is -2.17. The Hall–Kier alpha value is -1.51. The number of rotatable bonds is 2. The lowest BCUT2D eigenvalue weighted by atomic mass is 10.2. The lowest BCUT2D eigenvalue weighted by molar-refractivity contribution is -0.141. The SMILES string of the molecule is N[C@@H]1CC(F)(F)C[C@H]1Nc1cnc(C(F)(F)F)cn1. The predicted octanol–water partition coefficient (Wildman–Crippen LogP) is 2.03. The number of halogens is 5. The molecule has 3 N–H and O–H groups in total. The summed E-state index contributed by atoms with van der Waals surface area (Å²) in [6.45, 7) is 0. The van der Waals surface area contributed by atoms with Gasteiger partial charge in [0.2, 0.25) is 0 Å². The first-order chi connectivity index (χ1) is 8.67. The third-order valence-electron chi connectivity index (χ3n) is 2.85. The molecular weight excluding hydrogens is 271 g/mol. The summed E-state index contributed by atoms with van der Waals surface area (Å²) in [6.07, 6.45) is -4.12. The quantitative estimate of drug-likeness (QED) is 0.815. The van der Waals surface area contributed by atoms with Crippen LogP contribution in [-0.2, 0) is 6.18 Å². The van der Waals surface area contributed by atoms with Gasteiger partial charge in [0, 0.05) is 24.9 Å². The molecule has 0 amide bonds. The fraction of sp³-hybridized carbons (Fsp3) is 0.600. The molecule has 2 atom stereocenters. The smallest absolute Gasteiger partial charge is 0.364 e. The summed E-state index contributed by atoms with van der Waals surface area (Å²) in [5.41, 5.74) is 4.39. The van der Waals surface area contributed by atoms with Gasteiger partial charge in [-0.05, 0) is 0 Å². The van der Waals surface area contributed by atoms with Crippen LogP contribution in [0.3, 0.4) is 0 Å². The molecule has 4 nitrogen and oxygen atoms in total. The molecule has 1 heterocycles. The molecule has 1 aromatic rings. The summed E-state index contributed by atoms with van der Waals surface area (Å²) in [4.78, 5) is 6.67. The van der Waals surface area contributed by atoms with Crippen molar-refractivity contribution in [3.05, 3.63) is 18.1 Å². The Labute approximate surface area is 105 Å². The molecule has 1 aromatic heterocycles. The van der Waals surface area contributed by atoms with E-state index in [-0.39, 0.29) is 5.82 Å². The van der Waals surface area contributed by atoms with Crippen LogP contribution in [0.15, 0.2) is 12.4 Å². The van der Waals surface area contributed by atoms with Crippen LogP contribution in [0.4, 0.5) is 27.8 Å². The van der Waals surface area contributed by atoms with E-state index in [1.165, 1.54) is 0 Å². The van der Waals surface area contributed by atoms with Gasteiger partial charge in [-0.2, -0.15) is 13.2 Å². The molecule has 106 valence electrons. The van der Waals surface area contributed by atoms with E-state index in [0.717, 1.165) is 6.20 Å². The van der Waals surface area contributed by atoms with Crippen LogP contribution < -0.4 is 11.1 Å². The molecule has 0 aromatic carbocycles. The lowest BCUT2D eigenvalue weighted by Crippen LogP contribution is -2.35. The van der Waals surface area contributed by atoms with E-state index < -0.39 is 42.7 Å². The van der Waals surface area contributed by atoms with Gasteiger partial charge in [0.05, 0.1) is 12.4 Å². The molecular formula is C10H11F5N4. The second kappa shape index (κ2) is 4.55. The first-order valence-electron chi connectivity index (χ1n) is 5.46. The number of hydrogen-bond donors (Lipinski definition) is 2. The average molecular weight is 282 g/mol. The van der Waals surface area contributed by atoms with Crippen molar-refractivity contribution in [2.75, 3.05) is 5.32 Å². The molecule has 0 saturated heterocycles. The van der Waals surface area contributed by atoms with Crippen LogP contribution in [0.5, 0.6) is 0 Å². The first-order valence-corrected chi connectivity index (χ1v) is 5.46. The maximum Gasteiger partial charge on any atom is 0.434 e. The monoisotopic (exact) mass is 282 g/mol. The first kappa shape index (κ1) is 13.9. The second-order valence-electron chi connectivity index (χ2n) is 4.46. The van der Waals surface area contributed by atoms with Crippen molar-refractivity contribution >= 4 is 5.82 Å². The van der Waals surface area contributed by atoms with Crippen molar-refractivity contribution in [3.63, 3.8) is 0 Å². The second-order valence-corrected chi connectivity index (χ2v) is 4.46. The Morgan fingerprint density at radius 1 is 1.21 bits per heavy atom. The molecule has 1 fully saturated rings. The highest BCUT2D eigenvalue weighted by Gasteiger charge is 2.45. The highest BCUT2D eigenvalue weighted by Crippen LogP contribution is 2.35. The van der Waals surface area contributed by atoms with Crippen molar-refractivity contribution in [2.45, 2.75) is 37.0 Å².